The molecular formula is C7H10F3N5O2. The number of carbonyl (C=O) groups excluding carboxylic acids is 1. The van der Waals surface area contributed by atoms with Crippen LogP contribution in [0, 0.1) is 0 Å². The number of nitrogens with zero attached hydrogens (tertiary/aromatic N) is 3. The highest BCUT2D eigenvalue weighted by molar-refractivity contribution is 5.90. The molecule has 17 heavy (non-hydrogen) atoms. The van der Waals surface area contributed by atoms with Gasteiger partial charge in [0.1, 0.15) is 6.54 Å². The van der Waals surface area contributed by atoms with Crippen molar-refractivity contribution < 1.29 is 23.1 Å². The number of anilines is 1. The minimum atomic E-state index is -4.56. The SMILES string of the molecule is Nc1n[nH]c(C(=O)N(CCO)CC(F)(F)F)n1. The molecule has 0 saturated heterocycles. The molecule has 0 aliphatic heterocycles. The third-order valence-electron chi connectivity index (χ3n) is 1.73. The number of hydrogen-bond acceptors (Lipinski definition) is 5. The maximum absolute atomic E-state index is 12.2. The van der Waals surface area contributed by atoms with Crippen molar-refractivity contribution in [2.45, 2.75) is 6.18 Å². The number of rotatable bonds is 4. The summed E-state index contributed by atoms with van der Waals surface area (Å²) in [4.78, 5) is 15.4. The Kier molecular flexibility index (Phi) is 3.89. The van der Waals surface area contributed by atoms with Crippen molar-refractivity contribution in [1.29, 1.82) is 0 Å². The molecule has 0 aromatic carbocycles. The van der Waals surface area contributed by atoms with E-state index >= 15 is 0 Å². The van der Waals surface area contributed by atoms with Gasteiger partial charge in [-0.05, 0) is 0 Å². The molecule has 0 unspecified atom stereocenters. The largest absolute Gasteiger partial charge is 0.406 e. The molecule has 10 heteroatoms. The quantitative estimate of drug-likeness (QED) is 0.663. The van der Waals surface area contributed by atoms with Crippen molar-refractivity contribution in [2.75, 3.05) is 25.4 Å². The number of aliphatic hydroxyl groups excluding tert-OH is 1. The van der Waals surface area contributed by atoms with E-state index in [4.69, 9.17) is 10.8 Å². The highest BCUT2D eigenvalue weighted by atomic mass is 19.4. The Morgan fingerprint density at radius 3 is 2.59 bits per heavy atom. The number of halogens is 3. The van der Waals surface area contributed by atoms with Crippen molar-refractivity contribution in [1.82, 2.24) is 20.1 Å². The second kappa shape index (κ2) is 4.99. The zero-order chi connectivity index (χ0) is 13.1. The van der Waals surface area contributed by atoms with Crippen LogP contribution in [0.4, 0.5) is 19.1 Å². The van der Waals surface area contributed by atoms with Crippen molar-refractivity contribution in [3.8, 4) is 0 Å². The number of amides is 1. The van der Waals surface area contributed by atoms with Gasteiger partial charge in [0.15, 0.2) is 0 Å². The third kappa shape index (κ3) is 3.90. The van der Waals surface area contributed by atoms with Gasteiger partial charge in [0, 0.05) is 6.54 Å². The molecule has 1 aromatic rings. The molecule has 0 aliphatic carbocycles. The molecule has 0 fully saturated rings. The Morgan fingerprint density at radius 2 is 2.18 bits per heavy atom. The predicted molar refractivity (Wildman–Crippen MR) is 49.8 cm³/mol. The average Bonchev–Trinajstić information content (AvgIpc) is 2.61. The van der Waals surface area contributed by atoms with E-state index < -0.39 is 37.6 Å². The predicted octanol–water partition coefficient (Wildman–Crippen LogP) is -0.616. The molecule has 0 aliphatic rings. The van der Waals surface area contributed by atoms with Crippen molar-refractivity contribution >= 4 is 11.9 Å². The van der Waals surface area contributed by atoms with Gasteiger partial charge in [-0.1, -0.05) is 0 Å². The summed E-state index contributed by atoms with van der Waals surface area (Å²) in [5.41, 5.74) is 5.12. The van der Waals surface area contributed by atoms with Crippen molar-refractivity contribution in [3.63, 3.8) is 0 Å². The van der Waals surface area contributed by atoms with Gasteiger partial charge in [-0.3, -0.25) is 9.89 Å². The van der Waals surface area contributed by atoms with E-state index in [0.29, 0.717) is 4.90 Å². The second-order valence-electron chi connectivity index (χ2n) is 3.11. The summed E-state index contributed by atoms with van der Waals surface area (Å²) in [7, 11) is 0. The fourth-order valence-corrected chi connectivity index (χ4v) is 1.11. The number of alkyl halides is 3. The summed E-state index contributed by atoms with van der Waals surface area (Å²) in [6.45, 7) is -2.53. The molecule has 7 nitrogen and oxygen atoms in total. The van der Waals surface area contributed by atoms with Gasteiger partial charge >= 0.3 is 6.18 Å². The third-order valence-corrected chi connectivity index (χ3v) is 1.73. The lowest BCUT2D eigenvalue weighted by Crippen LogP contribution is -2.41. The first-order chi connectivity index (χ1) is 7.83. The van der Waals surface area contributed by atoms with Crippen LogP contribution in [0.1, 0.15) is 10.6 Å². The van der Waals surface area contributed by atoms with E-state index in [1.165, 1.54) is 0 Å². The van der Waals surface area contributed by atoms with Gasteiger partial charge in [-0.15, -0.1) is 5.10 Å². The summed E-state index contributed by atoms with van der Waals surface area (Å²) >= 11 is 0. The zero-order valence-corrected chi connectivity index (χ0v) is 8.53. The Balaban J connectivity index is 2.80. The Labute approximate surface area is 93.4 Å². The van der Waals surface area contributed by atoms with Gasteiger partial charge in [0.2, 0.25) is 11.8 Å². The lowest BCUT2D eigenvalue weighted by Gasteiger charge is -2.21. The summed E-state index contributed by atoms with van der Waals surface area (Å²) < 4.78 is 36.5. The number of aromatic amines is 1. The fourth-order valence-electron chi connectivity index (χ4n) is 1.11. The first kappa shape index (κ1) is 13.2. The summed E-state index contributed by atoms with van der Waals surface area (Å²) in [6, 6.07) is 0. The standard InChI is InChI=1S/C7H10F3N5O2/c8-7(9,10)3-15(1-2-16)5(17)4-12-6(11)14-13-4/h16H,1-3H2,(H3,11,12,13,14). The maximum atomic E-state index is 12.2. The van der Waals surface area contributed by atoms with E-state index in [9.17, 15) is 18.0 Å². The number of nitrogens with two attached hydrogens (primary N) is 1. The lowest BCUT2D eigenvalue weighted by atomic mass is 10.4. The minimum Gasteiger partial charge on any atom is -0.395 e. The summed E-state index contributed by atoms with van der Waals surface area (Å²) in [6.07, 6.45) is -4.56. The molecule has 1 rings (SSSR count). The second-order valence-corrected chi connectivity index (χ2v) is 3.11. The van der Waals surface area contributed by atoms with E-state index in [0.717, 1.165) is 0 Å². The Hall–Kier alpha value is -1.84. The average molecular weight is 253 g/mol. The maximum Gasteiger partial charge on any atom is 0.406 e. The molecule has 1 amide bonds. The number of H-pyrrole nitrogens is 1. The molecule has 0 saturated carbocycles. The van der Waals surface area contributed by atoms with Crippen LogP contribution < -0.4 is 5.73 Å². The van der Waals surface area contributed by atoms with Gasteiger partial charge < -0.3 is 15.7 Å². The molecule has 1 aromatic heterocycles. The van der Waals surface area contributed by atoms with E-state index in [-0.39, 0.29) is 5.95 Å². The zero-order valence-electron chi connectivity index (χ0n) is 8.53. The van der Waals surface area contributed by atoms with Crippen LogP contribution in [-0.4, -0.2) is 57.0 Å². The van der Waals surface area contributed by atoms with E-state index in [1.807, 2.05) is 0 Å². The van der Waals surface area contributed by atoms with Crippen LogP contribution in [0.25, 0.3) is 0 Å². The van der Waals surface area contributed by atoms with Crippen molar-refractivity contribution in [3.05, 3.63) is 5.82 Å². The van der Waals surface area contributed by atoms with Gasteiger partial charge in [0.25, 0.3) is 5.91 Å². The molecule has 1 heterocycles. The van der Waals surface area contributed by atoms with Crippen molar-refractivity contribution in [2.24, 2.45) is 0 Å². The van der Waals surface area contributed by atoms with Gasteiger partial charge in [0.05, 0.1) is 6.61 Å². The molecule has 0 bridgehead atoms. The van der Waals surface area contributed by atoms with Crippen LogP contribution in [0.15, 0.2) is 0 Å². The molecule has 4 N–H and O–H groups in total. The minimum absolute atomic E-state index is 0.246. The van der Waals surface area contributed by atoms with Crippen LogP contribution in [-0.2, 0) is 0 Å². The van der Waals surface area contributed by atoms with Crippen LogP contribution in [0.2, 0.25) is 0 Å². The molecule has 0 radical (unpaired) electrons. The summed E-state index contributed by atoms with van der Waals surface area (Å²) in [5.74, 6) is -1.68. The molecule has 96 valence electrons. The van der Waals surface area contributed by atoms with Crippen LogP contribution in [0.3, 0.4) is 0 Å². The number of aromatic nitrogens is 3. The van der Waals surface area contributed by atoms with Gasteiger partial charge in [-0.2, -0.15) is 18.2 Å². The number of nitrogens with one attached hydrogen (secondary N) is 1. The first-order valence-corrected chi connectivity index (χ1v) is 4.48. The van der Waals surface area contributed by atoms with E-state index in [2.05, 4.69) is 15.2 Å². The highest BCUT2D eigenvalue weighted by Crippen LogP contribution is 2.17. The number of nitrogen functional groups attached to an aromatic ring is 1. The highest BCUT2D eigenvalue weighted by Gasteiger charge is 2.34. The smallest absolute Gasteiger partial charge is 0.395 e. The molecular weight excluding hydrogens is 243 g/mol. The van der Waals surface area contributed by atoms with Crippen LogP contribution in [0.5, 0.6) is 0 Å². The molecule has 0 spiro atoms. The van der Waals surface area contributed by atoms with Gasteiger partial charge in [-0.25, -0.2) is 0 Å². The first-order valence-electron chi connectivity index (χ1n) is 4.48. The summed E-state index contributed by atoms with van der Waals surface area (Å²) in [5, 5.41) is 14.0. The Morgan fingerprint density at radius 1 is 1.53 bits per heavy atom. The monoisotopic (exact) mass is 253 g/mol. The number of carbonyl (C=O) groups is 1. The van der Waals surface area contributed by atoms with E-state index in [1.54, 1.807) is 0 Å². The Bertz CT molecular complexity index is 391. The topological polar surface area (TPSA) is 108 Å². The molecule has 0 atom stereocenters. The normalized spacial score (nSPS) is 11.5. The number of hydrogen-bond donors (Lipinski definition) is 3. The fraction of sp³-hybridized carbons (Fsp3) is 0.571. The van der Waals surface area contributed by atoms with Crippen LogP contribution >= 0.6 is 0 Å². The number of aliphatic hydroxyl groups is 1. The lowest BCUT2D eigenvalue weighted by molar-refractivity contribution is -0.141.